The number of carboxylic acid groups (broad SMARTS) is 1. The van der Waals surface area contributed by atoms with Gasteiger partial charge in [0.2, 0.25) is 5.91 Å². The van der Waals surface area contributed by atoms with E-state index in [0.717, 1.165) is 69.1 Å². The molecule has 1 amide bonds. The van der Waals surface area contributed by atoms with Crippen molar-refractivity contribution in [2.24, 2.45) is 0 Å². The van der Waals surface area contributed by atoms with Gasteiger partial charge in [0.1, 0.15) is 0 Å². The molecule has 5 nitrogen and oxygen atoms in total. The van der Waals surface area contributed by atoms with Crippen LogP contribution in [0.25, 0.3) is 0 Å². The van der Waals surface area contributed by atoms with Crippen molar-refractivity contribution in [2.45, 2.75) is 76.4 Å². The Morgan fingerprint density at radius 3 is 2.03 bits per heavy atom. The van der Waals surface area contributed by atoms with Crippen molar-refractivity contribution in [1.82, 2.24) is 10.2 Å². The second kappa shape index (κ2) is 14.1. The van der Waals surface area contributed by atoms with Gasteiger partial charge in [0.25, 0.3) is 0 Å². The van der Waals surface area contributed by atoms with Crippen molar-refractivity contribution >= 4 is 11.9 Å². The second-order valence-corrected chi connectivity index (χ2v) is 8.29. The van der Waals surface area contributed by atoms with Crippen LogP contribution >= 0.6 is 0 Å². The van der Waals surface area contributed by atoms with Crippen LogP contribution < -0.4 is 5.32 Å². The predicted molar refractivity (Wildman–Crippen MR) is 115 cm³/mol. The summed E-state index contributed by atoms with van der Waals surface area (Å²) in [5.41, 5.74) is 0.314. The number of aryl methyl sites for hydroxylation is 1. The van der Waals surface area contributed by atoms with E-state index < -0.39 is 17.7 Å². The normalized spacial score (nSPS) is 12.7. The summed E-state index contributed by atoms with van der Waals surface area (Å²) < 4.78 is 37.6. The molecule has 0 aliphatic carbocycles. The highest BCUT2D eigenvalue weighted by molar-refractivity contribution is 5.77. The van der Waals surface area contributed by atoms with Crippen molar-refractivity contribution < 1.29 is 27.9 Å². The predicted octanol–water partition coefficient (Wildman–Crippen LogP) is 4.89. The highest BCUT2D eigenvalue weighted by Crippen LogP contribution is 2.29. The number of hydrogen-bond donors (Lipinski definition) is 2. The molecule has 31 heavy (non-hydrogen) atoms. The highest BCUT2D eigenvalue weighted by atomic mass is 19.4. The molecule has 0 aliphatic heterocycles. The molecule has 0 unspecified atom stereocenters. The maximum absolute atomic E-state index is 12.5. The molecule has 1 aromatic rings. The molecule has 0 radical (unpaired) electrons. The summed E-state index contributed by atoms with van der Waals surface area (Å²) >= 11 is 0. The Kier molecular flexibility index (Phi) is 12.2. The first kappa shape index (κ1) is 26.9. The number of carbonyl (C=O) groups is 2. The largest absolute Gasteiger partial charge is 0.481 e. The number of likely N-dealkylation sites (N-methyl/N-ethyl adjacent to an activating group) is 1. The van der Waals surface area contributed by atoms with E-state index in [4.69, 9.17) is 5.11 Å². The number of hydrogen-bond acceptors (Lipinski definition) is 3. The van der Waals surface area contributed by atoms with Crippen molar-refractivity contribution in [2.75, 3.05) is 20.6 Å². The van der Waals surface area contributed by atoms with Crippen LogP contribution in [0.1, 0.15) is 68.9 Å². The summed E-state index contributed by atoms with van der Waals surface area (Å²) in [6.45, 7) is 0.491. The summed E-state index contributed by atoms with van der Waals surface area (Å²) in [4.78, 5) is 24.8. The molecule has 2 N–H and O–H groups in total. The smallest absolute Gasteiger partial charge is 0.416 e. The average Bonchev–Trinajstić information content (AvgIpc) is 2.65. The Labute approximate surface area is 183 Å². The third-order valence-electron chi connectivity index (χ3n) is 5.02. The lowest BCUT2D eigenvalue weighted by Gasteiger charge is -2.20. The van der Waals surface area contributed by atoms with E-state index in [1.807, 2.05) is 19.0 Å². The van der Waals surface area contributed by atoms with Crippen LogP contribution in [0.5, 0.6) is 0 Å². The van der Waals surface area contributed by atoms with Gasteiger partial charge < -0.3 is 15.3 Å². The third-order valence-corrected chi connectivity index (χ3v) is 5.02. The zero-order chi connectivity index (χ0) is 23.3. The summed E-state index contributed by atoms with van der Waals surface area (Å²) in [6, 6.07) is 4.98. The summed E-state index contributed by atoms with van der Waals surface area (Å²) in [6.07, 6.45) is 3.68. The van der Waals surface area contributed by atoms with Gasteiger partial charge in [-0.05, 0) is 51.1 Å². The van der Waals surface area contributed by atoms with Crippen molar-refractivity contribution in [3.8, 4) is 0 Å². The van der Waals surface area contributed by atoms with Crippen LogP contribution in [0.2, 0.25) is 0 Å². The standard InChI is InChI=1S/C23H35F3N2O3/c1-28(2)17-20(16-22(30)31)27-21(29)11-9-7-5-3-4-6-8-10-18-12-14-19(15-13-18)23(24,25)26/h12-15,20H,3-11,16-17H2,1-2H3,(H,27,29)(H,30,31)/t20-/m1/s1. The van der Waals surface area contributed by atoms with Gasteiger partial charge in [-0.1, -0.05) is 44.2 Å². The van der Waals surface area contributed by atoms with E-state index >= 15 is 0 Å². The van der Waals surface area contributed by atoms with Crippen LogP contribution in [0.4, 0.5) is 13.2 Å². The molecular weight excluding hydrogens is 409 g/mol. The molecule has 0 spiro atoms. The number of carbonyl (C=O) groups excluding carboxylic acids is 1. The lowest BCUT2D eigenvalue weighted by atomic mass is 10.0. The molecule has 0 aromatic heterocycles. The minimum Gasteiger partial charge on any atom is -0.481 e. The first-order valence-electron chi connectivity index (χ1n) is 10.9. The maximum Gasteiger partial charge on any atom is 0.416 e. The van der Waals surface area contributed by atoms with Gasteiger partial charge in [0.05, 0.1) is 18.0 Å². The van der Waals surface area contributed by atoms with Crippen LogP contribution in [0.15, 0.2) is 24.3 Å². The number of alkyl halides is 3. The summed E-state index contributed by atoms with van der Waals surface area (Å²) in [7, 11) is 3.68. The number of amides is 1. The van der Waals surface area contributed by atoms with Gasteiger partial charge in [-0.2, -0.15) is 13.2 Å². The molecule has 8 heteroatoms. The second-order valence-electron chi connectivity index (χ2n) is 8.29. The lowest BCUT2D eigenvalue weighted by molar-refractivity contribution is -0.138. The molecule has 0 heterocycles. The molecule has 176 valence electrons. The number of halogens is 3. The molecule has 0 saturated carbocycles. The maximum atomic E-state index is 12.5. The zero-order valence-corrected chi connectivity index (χ0v) is 18.5. The molecular formula is C23H35F3N2O3. The van der Waals surface area contributed by atoms with E-state index in [9.17, 15) is 22.8 Å². The third kappa shape index (κ3) is 13.0. The van der Waals surface area contributed by atoms with E-state index in [1.54, 1.807) is 12.1 Å². The molecule has 0 saturated heterocycles. The van der Waals surface area contributed by atoms with Gasteiger partial charge in [0, 0.05) is 13.0 Å². The molecule has 1 aromatic carbocycles. The van der Waals surface area contributed by atoms with E-state index in [-0.39, 0.29) is 18.4 Å². The van der Waals surface area contributed by atoms with Crippen molar-refractivity contribution in [3.05, 3.63) is 35.4 Å². The first-order chi connectivity index (χ1) is 14.6. The van der Waals surface area contributed by atoms with Gasteiger partial charge in [-0.15, -0.1) is 0 Å². The number of unbranched alkanes of at least 4 members (excludes halogenated alkanes) is 6. The number of rotatable bonds is 15. The summed E-state index contributed by atoms with van der Waals surface area (Å²) in [5, 5.41) is 11.7. The number of nitrogens with one attached hydrogen (secondary N) is 1. The van der Waals surface area contributed by atoms with E-state index in [2.05, 4.69) is 5.32 Å². The Bertz CT molecular complexity index is 661. The average molecular weight is 445 g/mol. The topological polar surface area (TPSA) is 69.6 Å². The zero-order valence-electron chi connectivity index (χ0n) is 18.5. The van der Waals surface area contributed by atoms with Crippen LogP contribution in [-0.2, 0) is 22.2 Å². The van der Waals surface area contributed by atoms with E-state index in [1.165, 1.54) is 0 Å². The fourth-order valence-corrected chi connectivity index (χ4v) is 3.47. The number of benzene rings is 1. The summed E-state index contributed by atoms with van der Waals surface area (Å²) in [5.74, 6) is -1.03. The molecule has 1 rings (SSSR count). The quantitative estimate of drug-likeness (QED) is 0.378. The molecule has 0 fully saturated rings. The number of aliphatic carboxylic acids is 1. The van der Waals surface area contributed by atoms with Gasteiger partial charge in [0.15, 0.2) is 0 Å². The Morgan fingerprint density at radius 1 is 0.968 bits per heavy atom. The van der Waals surface area contributed by atoms with Crippen molar-refractivity contribution in [3.63, 3.8) is 0 Å². The van der Waals surface area contributed by atoms with Crippen LogP contribution in [0, 0.1) is 0 Å². The minimum absolute atomic E-state index is 0.0869. The van der Waals surface area contributed by atoms with Crippen LogP contribution in [0.3, 0.4) is 0 Å². The van der Waals surface area contributed by atoms with Gasteiger partial charge >= 0.3 is 12.1 Å². The first-order valence-corrected chi connectivity index (χ1v) is 10.9. The minimum atomic E-state index is -4.29. The number of carboxylic acids is 1. The SMILES string of the molecule is CN(C)C[C@@H](CC(=O)O)NC(=O)CCCCCCCCCc1ccc(C(F)(F)F)cc1. The highest BCUT2D eigenvalue weighted by Gasteiger charge is 2.29. The monoisotopic (exact) mass is 444 g/mol. The Hall–Kier alpha value is -2.09. The van der Waals surface area contributed by atoms with E-state index in [0.29, 0.717) is 13.0 Å². The Balaban J connectivity index is 2.08. The van der Waals surface area contributed by atoms with Gasteiger partial charge in [-0.3, -0.25) is 9.59 Å². The fraction of sp³-hybridized carbons (Fsp3) is 0.652. The number of nitrogens with zero attached hydrogens (tertiary/aromatic N) is 1. The molecule has 1 atom stereocenters. The lowest BCUT2D eigenvalue weighted by Crippen LogP contribution is -2.42. The molecule has 0 bridgehead atoms. The van der Waals surface area contributed by atoms with Gasteiger partial charge in [-0.25, -0.2) is 0 Å². The van der Waals surface area contributed by atoms with Crippen LogP contribution in [-0.4, -0.2) is 48.6 Å². The molecule has 0 aliphatic rings. The Morgan fingerprint density at radius 2 is 1.52 bits per heavy atom. The van der Waals surface area contributed by atoms with Crippen molar-refractivity contribution in [1.29, 1.82) is 0 Å². The fourth-order valence-electron chi connectivity index (χ4n) is 3.47.